The predicted octanol–water partition coefficient (Wildman–Crippen LogP) is 3.56. The van der Waals surface area contributed by atoms with Crippen molar-refractivity contribution in [2.24, 2.45) is 0 Å². The van der Waals surface area contributed by atoms with Crippen LogP contribution in [0.5, 0.6) is 0 Å². The lowest BCUT2D eigenvalue weighted by Gasteiger charge is -2.18. The molecular weight excluding hydrogens is 318 g/mol. The van der Waals surface area contributed by atoms with Gasteiger partial charge < -0.3 is 5.11 Å². The molecule has 0 spiro atoms. The van der Waals surface area contributed by atoms with Crippen LogP contribution >= 0.6 is 15.9 Å². The summed E-state index contributed by atoms with van der Waals surface area (Å²) in [5, 5.41) is 10.4. The van der Waals surface area contributed by atoms with Gasteiger partial charge in [-0.15, -0.1) is 0 Å². The lowest BCUT2D eigenvalue weighted by Crippen LogP contribution is -2.27. The van der Waals surface area contributed by atoms with E-state index in [0.29, 0.717) is 0 Å². The van der Waals surface area contributed by atoms with Gasteiger partial charge in [-0.2, -0.15) is 0 Å². The van der Waals surface area contributed by atoms with Gasteiger partial charge in [0.25, 0.3) is 0 Å². The van der Waals surface area contributed by atoms with E-state index in [2.05, 4.69) is 21.4 Å². The monoisotopic (exact) mass is 331 g/mol. The third-order valence-electron chi connectivity index (χ3n) is 3.26. The van der Waals surface area contributed by atoms with Crippen LogP contribution in [-0.4, -0.2) is 10.9 Å². The lowest BCUT2D eigenvalue weighted by atomic mass is 9.95. The van der Waals surface area contributed by atoms with Gasteiger partial charge in [0.1, 0.15) is 0 Å². The van der Waals surface area contributed by atoms with Crippen molar-refractivity contribution < 1.29 is 9.94 Å². The molecule has 4 heteroatoms. The van der Waals surface area contributed by atoms with Gasteiger partial charge in [0, 0.05) is 15.6 Å². The zero-order chi connectivity index (χ0) is 14.2. The zero-order valence-corrected chi connectivity index (χ0v) is 12.5. The molecule has 0 fully saturated rings. The summed E-state index contributed by atoms with van der Waals surface area (Å²) in [6.07, 6.45) is 0. The van der Waals surface area contributed by atoms with Crippen molar-refractivity contribution in [2.45, 2.75) is 12.7 Å². The Morgan fingerprint density at radius 3 is 2.30 bits per heavy atom. The third kappa shape index (κ3) is 2.38. The second-order valence-electron chi connectivity index (χ2n) is 4.81. The van der Waals surface area contributed by atoms with Crippen LogP contribution in [0.1, 0.15) is 18.1 Å². The number of halogens is 1. The normalized spacial score (nSPS) is 21.9. The average molecular weight is 332 g/mol. The van der Waals surface area contributed by atoms with Crippen LogP contribution in [0, 0.1) is 0 Å². The molecule has 3 nitrogen and oxygen atoms in total. The molecular formula is C16H14BrNO2. The number of hydrogen-bond donors (Lipinski definition) is 2. The number of benzene rings is 2. The maximum Gasteiger partial charge on any atom is 0.217 e. The Bertz CT molecular complexity index is 648. The van der Waals surface area contributed by atoms with E-state index in [1.165, 1.54) is 0 Å². The van der Waals surface area contributed by atoms with E-state index < -0.39 is 5.79 Å². The van der Waals surface area contributed by atoms with E-state index in [1.54, 1.807) is 6.92 Å². The summed E-state index contributed by atoms with van der Waals surface area (Å²) in [5.74, 6) is -1.36. The minimum Gasteiger partial charge on any atom is -0.360 e. The Balaban J connectivity index is 2.16. The summed E-state index contributed by atoms with van der Waals surface area (Å²) in [4.78, 5) is 5.32. The van der Waals surface area contributed by atoms with Crippen LogP contribution in [0.2, 0.25) is 0 Å². The first kappa shape index (κ1) is 13.4. The highest BCUT2D eigenvalue weighted by molar-refractivity contribution is 9.10. The van der Waals surface area contributed by atoms with Gasteiger partial charge in [-0.05, 0) is 24.6 Å². The molecule has 0 amide bonds. The predicted molar refractivity (Wildman–Crippen MR) is 82.2 cm³/mol. The van der Waals surface area contributed by atoms with E-state index >= 15 is 0 Å². The summed E-state index contributed by atoms with van der Waals surface area (Å²) in [6.45, 7) is 1.63. The Kier molecular flexibility index (Phi) is 3.38. The lowest BCUT2D eigenvalue weighted by molar-refractivity contribution is -0.160. The zero-order valence-electron chi connectivity index (χ0n) is 10.9. The highest BCUT2D eigenvalue weighted by Gasteiger charge is 2.38. The highest BCUT2D eigenvalue weighted by Crippen LogP contribution is 2.38. The molecule has 1 unspecified atom stereocenters. The van der Waals surface area contributed by atoms with Crippen LogP contribution in [0.3, 0.4) is 0 Å². The molecule has 1 atom stereocenters. The molecule has 0 radical (unpaired) electrons. The molecule has 20 heavy (non-hydrogen) atoms. The molecule has 1 aliphatic heterocycles. The fourth-order valence-electron chi connectivity index (χ4n) is 2.32. The molecule has 0 saturated carbocycles. The average Bonchev–Trinajstić information content (AvgIpc) is 2.76. The SMILES string of the molecule is CC1(O)ONC(c2ccc(Br)cc2)=C1c1ccccc1. The molecule has 102 valence electrons. The Labute approximate surface area is 126 Å². The van der Waals surface area contributed by atoms with E-state index in [9.17, 15) is 5.11 Å². The standard InChI is InChI=1S/C16H14BrNO2/c1-16(19)14(11-5-3-2-4-6-11)15(18-20-16)12-7-9-13(17)10-8-12/h2-10,18-19H,1H3. The number of rotatable bonds is 2. The molecule has 1 heterocycles. The van der Waals surface area contributed by atoms with Crippen LogP contribution in [-0.2, 0) is 4.84 Å². The van der Waals surface area contributed by atoms with Gasteiger partial charge in [-0.3, -0.25) is 5.48 Å². The van der Waals surface area contributed by atoms with Crippen molar-refractivity contribution >= 4 is 27.2 Å². The van der Waals surface area contributed by atoms with Gasteiger partial charge in [0.2, 0.25) is 5.79 Å². The Hall–Kier alpha value is -1.62. The molecule has 3 rings (SSSR count). The molecule has 0 aromatic heterocycles. The first-order valence-electron chi connectivity index (χ1n) is 6.30. The number of nitrogens with one attached hydrogen (secondary N) is 1. The molecule has 1 aliphatic rings. The van der Waals surface area contributed by atoms with E-state index in [4.69, 9.17) is 4.84 Å². The number of hydrogen-bond acceptors (Lipinski definition) is 3. The van der Waals surface area contributed by atoms with Crippen LogP contribution < -0.4 is 5.48 Å². The molecule has 2 aromatic rings. The number of aliphatic hydroxyl groups is 1. The smallest absolute Gasteiger partial charge is 0.217 e. The summed E-state index contributed by atoms with van der Waals surface area (Å²) in [6, 6.07) is 17.6. The third-order valence-corrected chi connectivity index (χ3v) is 3.79. The Morgan fingerprint density at radius 2 is 1.65 bits per heavy atom. The highest BCUT2D eigenvalue weighted by atomic mass is 79.9. The fourth-order valence-corrected chi connectivity index (χ4v) is 2.59. The van der Waals surface area contributed by atoms with Gasteiger partial charge in [0.15, 0.2) is 0 Å². The summed E-state index contributed by atoms with van der Waals surface area (Å²) in [5.41, 5.74) is 6.26. The summed E-state index contributed by atoms with van der Waals surface area (Å²) in [7, 11) is 0. The minimum absolute atomic E-state index is 0.737. The molecule has 2 N–H and O–H groups in total. The topological polar surface area (TPSA) is 41.5 Å². The molecule has 0 bridgehead atoms. The van der Waals surface area contributed by atoms with Crippen LogP contribution in [0.25, 0.3) is 11.3 Å². The van der Waals surface area contributed by atoms with Crippen LogP contribution in [0.15, 0.2) is 59.1 Å². The molecule has 0 saturated heterocycles. The van der Waals surface area contributed by atoms with Gasteiger partial charge in [-0.25, -0.2) is 4.84 Å². The van der Waals surface area contributed by atoms with Gasteiger partial charge in [0.05, 0.1) is 5.70 Å². The maximum absolute atomic E-state index is 10.4. The Morgan fingerprint density at radius 1 is 1.00 bits per heavy atom. The summed E-state index contributed by atoms with van der Waals surface area (Å²) < 4.78 is 1.01. The van der Waals surface area contributed by atoms with Crippen molar-refractivity contribution in [3.63, 3.8) is 0 Å². The van der Waals surface area contributed by atoms with Crippen molar-refractivity contribution in [3.8, 4) is 0 Å². The van der Waals surface area contributed by atoms with E-state index in [-0.39, 0.29) is 0 Å². The molecule has 2 aromatic carbocycles. The van der Waals surface area contributed by atoms with Crippen molar-refractivity contribution in [3.05, 3.63) is 70.2 Å². The van der Waals surface area contributed by atoms with Gasteiger partial charge >= 0.3 is 0 Å². The van der Waals surface area contributed by atoms with Crippen molar-refractivity contribution in [1.29, 1.82) is 0 Å². The van der Waals surface area contributed by atoms with E-state index in [0.717, 1.165) is 26.9 Å². The second kappa shape index (κ2) is 5.05. The molecule has 0 aliphatic carbocycles. The maximum atomic E-state index is 10.4. The first-order chi connectivity index (χ1) is 9.58. The van der Waals surface area contributed by atoms with E-state index in [1.807, 2.05) is 54.6 Å². The quantitative estimate of drug-likeness (QED) is 0.884. The van der Waals surface area contributed by atoms with Crippen molar-refractivity contribution in [2.75, 3.05) is 0 Å². The van der Waals surface area contributed by atoms with Crippen LogP contribution in [0.4, 0.5) is 0 Å². The first-order valence-corrected chi connectivity index (χ1v) is 7.10. The largest absolute Gasteiger partial charge is 0.360 e. The summed E-state index contributed by atoms with van der Waals surface area (Å²) >= 11 is 3.42. The van der Waals surface area contributed by atoms with Gasteiger partial charge in [-0.1, -0.05) is 58.4 Å². The second-order valence-corrected chi connectivity index (χ2v) is 5.73. The minimum atomic E-state index is -1.36. The van der Waals surface area contributed by atoms with Crippen molar-refractivity contribution in [1.82, 2.24) is 5.48 Å². The fraction of sp³-hybridized carbons (Fsp3) is 0.125. The number of hydroxylamine groups is 1.